The Kier molecular flexibility index (Phi) is 7.27. The standard InChI is InChI=1S/C23H22BrNO4/c1-28-18-12-10-16(11-13-18)21(26)14-25-23(27)19-7-3-5-9-22(19)29-15-17-6-2-4-8-20(17)24/h2-13,21,26H,14-15H2,1H3,(H,25,27). The van der Waals surface area contributed by atoms with Crippen molar-refractivity contribution in [3.8, 4) is 11.5 Å². The molecule has 0 heterocycles. The largest absolute Gasteiger partial charge is 0.497 e. The van der Waals surface area contributed by atoms with E-state index in [1.807, 2.05) is 30.3 Å². The molecule has 3 aromatic rings. The topological polar surface area (TPSA) is 67.8 Å². The Morgan fingerprint density at radius 3 is 2.45 bits per heavy atom. The number of amides is 1. The summed E-state index contributed by atoms with van der Waals surface area (Å²) < 4.78 is 11.9. The highest BCUT2D eigenvalue weighted by Gasteiger charge is 2.15. The molecule has 3 aromatic carbocycles. The first-order valence-electron chi connectivity index (χ1n) is 9.14. The molecule has 0 saturated heterocycles. The van der Waals surface area contributed by atoms with Gasteiger partial charge in [0.05, 0.1) is 18.8 Å². The van der Waals surface area contributed by atoms with Crippen LogP contribution in [-0.2, 0) is 6.61 Å². The molecule has 0 radical (unpaired) electrons. The molecule has 0 saturated carbocycles. The summed E-state index contributed by atoms with van der Waals surface area (Å²) in [6.07, 6.45) is -0.821. The molecule has 0 aliphatic carbocycles. The average Bonchev–Trinajstić information content (AvgIpc) is 2.77. The lowest BCUT2D eigenvalue weighted by molar-refractivity contribution is 0.0912. The summed E-state index contributed by atoms with van der Waals surface area (Å²) in [7, 11) is 1.58. The smallest absolute Gasteiger partial charge is 0.255 e. The van der Waals surface area contributed by atoms with Crippen LogP contribution in [-0.4, -0.2) is 24.7 Å². The summed E-state index contributed by atoms with van der Waals surface area (Å²) in [5.74, 6) is 0.890. The zero-order valence-corrected chi connectivity index (χ0v) is 17.6. The van der Waals surface area contributed by atoms with Crippen LogP contribution < -0.4 is 14.8 Å². The zero-order valence-electron chi connectivity index (χ0n) is 16.0. The molecule has 1 atom stereocenters. The highest BCUT2D eigenvalue weighted by atomic mass is 79.9. The Bertz CT molecular complexity index is 959. The second-order valence-electron chi connectivity index (χ2n) is 6.38. The van der Waals surface area contributed by atoms with E-state index in [0.717, 1.165) is 10.0 Å². The molecule has 0 aliphatic rings. The van der Waals surface area contributed by atoms with E-state index in [2.05, 4.69) is 21.2 Å². The number of hydrogen-bond donors (Lipinski definition) is 2. The van der Waals surface area contributed by atoms with Crippen LogP contribution in [0.1, 0.15) is 27.6 Å². The summed E-state index contributed by atoms with van der Waals surface area (Å²) in [6, 6.07) is 21.9. The van der Waals surface area contributed by atoms with Crippen LogP contribution in [0, 0.1) is 0 Å². The van der Waals surface area contributed by atoms with Crippen molar-refractivity contribution in [2.45, 2.75) is 12.7 Å². The molecule has 0 aliphatic heterocycles. The SMILES string of the molecule is COc1ccc(C(O)CNC(=O)c2ccccc2OCc2ccccc2Br)cc1. The number of methoxy groups -OCH3 is 1. The summed E-state index contributed by atoms with van der Waals surface area (Å²) in [5.41, 5.74) is 2.10. The monoisotopic (exact) mass is 455 g/mol. The Balaban J connectivity index is 1.62. The third kappa shape index (κ3) is 5.59. The van der Waals surface area contributed by atoms with Crippen LogP contribution >= 0.6 is 15.9 Å². The van der Waals surface area contributed by atoms with Gasteiger partial charge in [-0.2, -0.15) is 0 Å². The molecule has 3 rings (SSSR count). The van der Waals surface area contributed by atoms with E-state index >= 15 is 0 Å². The lowest BCUT2D eigenvalue weighted by Gasteiger charge is -2.15. The van der Waals surface area contributed by atoms with Gasteiger partial charge in [-0.1, -0.05) is 58.4 Å². The van der Waals surface area contributed by atoms with Crippen molar-refractivity contribution >= 4 is 21.8 Å². The first-order valence-corrected chi connectivity index (χ1v) is 9.93. The van der Waals surface area contributed by atoms with Crippen molar-refractivity contribution in [2.75, 3.05) is 13.7 Å². The minimum absolute atomic E-state index is 0.0870. The maximum Gasteiger partial charge on any atom is 0.255 e. The average molecular weight is 456 g/mol. The Morgan fingerprint density at radius 1 is 1.03 bits per heavy atom. The highest BCUT2D eigenvalue weighted by Crippen LogP contribution is 2.23. The van der Waals surface area contributed by atoms with Crippen molar-refractivity contribution in [3.63, 3.8) is 0 Å². The third-order valence-corrected chi connectivity index (χ3v) is 5.20. The Morgan fingerprint density at radius 2 is 1.72 bits per heavy atom. The molecule has 1 amide bonds. The molecule has 29 heavy (non-hydrogen) atoms. The number of carbonyl (C=O) groups excluding carboxylic acids is 1. The number of halogens is 1. The van der Waals surface area contributed by atoms with Crippen LogP contribution in [0.15, 0.2) is 77.3 Å². The second kappa shape index (κ2) is 10.1. The van der Waals surface area contributed by atoms with Gasteiger partial charge >= 0.3 is 0 Å². The molecular formula is C23H22BrNO4. The molecule has 0 spiro atoms. The summed E-state index contributed by atoms with van der Waals surface area (Å²) >= 11 is 3.49. The van der Waals surface area contributed by atoms with Gasteiger partial charge < -0.3 is 19.9 Å². The van der Waals surface area contributed by atoms with Gasteiger partial charge in [-0.3, -0.25) is 4.79 Å². The van der Waals surface area contributed by atoms with E-state index < -0.39 is 6.10 Å². The molecular weight excluding hydrogens is 434 g/mol. The Labute approximate surface area is 178 Å². The number of aliphatic hydroxyl groups is 1. The van der Waals surface area contributed by atoms with Crippen LogP contribution in [0.25, 0.3) is 0 Å². The number of rotatable bonds is 8. The minimum atomic E-state index is -0.821. The van der Waals surface area contributed by atoms with Gasteiger partial charge in [-0.05, 0) is 35.9 Å². The Hall–Kier alpha value is -2.83. The number of ether oxygens (including phenoxy) is 2. The van der Waals surface area contributed by atoms with Gasteiger partial charge in [-0.15, -0.1) is 0 Å². The lowest BCUT2D eigenvalue weighted by Crippen LogP contribution is -2.28. The predicted molar refractivity (Wildman–Crippen MR) is 115 cm³/mol. The normalized spacial score (nSPS) is 11.6. The predicted octanol–water partition coefficient (Wildman–Crippen LogP) is 4.50. The van der Waals surface area contributed by atoms with Crippen LogP contribution in [0.5, 0.6) is 11.5 Å². The van der Waals surface area contributed by atoms with Crippen LogP contribution in [0.2, 0.25) is 0 Å². The lowest BCUT2D eigenvalue weighted by atomic mass is 10.1. The van der Waals surface area contributed by atoms with Gasteiger partial charge in [0.1, 0.15) is 18.1 Å². The molecule has 0 fully saturated rings. The molecule has 150 valence electrons. The number of aliphatic hydroxyl groups excluding tert-OH is 1. The fraction of sp³-hybridized carbons (Fsp3) is 0.174. The molecule has 5 nitrogen and oxygen atoms in total. The number of nitrogens with one attached hydrogen (secondary N) is 1. The first kappa shape index (κ1) is 20.9. The van der Waals surface area contributed by atoms with Gasteiger partial charge in [0.2, 0.25) is 0 Å². The quantitative estimate of drug-likeness (QED) is 0.524. The molecule has 2 N–H and O–H groups in total. The van der Waals surface area contributed by atoms with E-state index in [1.165, 1.54) is 0 Å². The maximum absolute atomic E-state index is 12.6. The molecule has 0 bridgehead atoms. The fourth-order valence-electron chi connectivity index (χ4n) is 2.78. The summed E-state index contributed by atoms with van der Waals surface area (Å²) in [5, 5.41) is 13.1. The second-order valence-corrected chi connectivity index (χ2v) is 7.23. The third-order valence-electron chi connectivity index (χ3n) is 4.43. The van der Waals surface area contributed by atoms with Crippen LogP contribution in [0.3, 0.4) is 0 Å². The van der Waals surface area contributed by atoms with Crippen molar-refractivity contribution in [1.82, 2.24) is 5.32 Å². The van der Waals surface area contributed by atoms with Crippen molar-refractivity contribution in [1.29, 1.82) is 0 Å². The fourth-order valence-corrected chi connectivity index (χ4v) is 3.18. The molecule has 1 unspecified atom stereocenters. The van der Waals surface area contributed by atoms with Crippen molar-refractivity contribution < 1.29 is 19.4 Å². The molecule has 6 heteroatoms. The maximum atomic E-state index is 12.6. The van der Waals surface area contributed by atoms with E-state index in [4.69, 9.17) is 9.47 Å². The first-order chi connectivity index (χ1) is 14.1. The van der Waals surface area contributed by atoms with Gasteiger partial charge in [0.15, 0.2) is 0 Å². The summed E-state index contributed by atoms with van der Waals surface area (Å²) in [4.78, 5) is 12.6. The number of hydrogen-bond acceptors (Lipinski definition) is 4. The van der Waals surface area contributed by atoms with E-state index in [0.29, 0.717) is 29.2 Å². The van der Waals surface area contributed by atoms with Gasteiger partial charge in [-0.25, -0.2) is 0 Å². The zero-order chi connectivity index (χ0) is 20.6. The number of para-hydroxylation sites is 1. The summed E-state index contributed by atoms with van der Waals surface area (Å²) in [6.45, 7) is 0.421. The number of benzene rings is 3. The highest BCUT2D eigenvalue weighted by molar-refractivity contribution is 9.10. The molecule has 0 aromatic heterocycles. The minimum Gasteiger partial charge on any atom is -0.497 e. The van der Waals surface area contributed by atoms with E-state index in [-0.39, 0.29) is 12.5 Å². The van der Waals surface area contributed by atoms with Crippen LogP contribution in [0.4, 0.5) is 0 Å². The van der Waals surface area contributed by atoms with E-state index in [1.54, 1.807) is 49.6 Å². The van der Waals surface area contributed by atoms with Crippen molar-refractivity contribution in [3.05, 3.63) is 94.0 Å². The van der Waals surface area contributed by atoms with Gasteiger partial charge in [0.25, 0.3) is 5.91 Å². The van der Waals surface area contributed by atoms with Crippen molar-refractivity contribution in [2.24, 2.45) is 0 Å². The van der Waals surface area contributed by atoms with E-state index in [9.17, 15) is 9.90 Å². The van der Waals surface area contributed by atoms with Gasteiger partial charge in [0, 0.05) is 16.6 Å². The number of carbonyl (C=O) groups is 1.